The molecule has 0 radical (unpaired) electrons. The van der Waals surface area contributed by atoms with Gasteiger partial charge in [0.25, 0.3) is 0 Å². The fourth-order valence-electron chi connectivity index (χ4n) is 3.36. The van der Waals surface area contributed by atoms with Crippen molar-refractivity contribution in [2.75, 3.05) is 11.9 Å². The average Bonchev–Trinajstić information content (AvgIpc) is 2.92. The number of nitrogens with zero attached hydrogens (tertiary/aromatic N) is 1. The number of rotatable bonds is 3. The molecule has 0 saturated carbocycles. The van der Waals surface area contributed by atoms with Crippen molar-refractivity contribution in [1.82, 2.24) is 15.5 Å². The normalized spacial score (nSPS) is 24.0. The number of urea groups is 1. The van der Waals surface area contributed by atoms with Crippen molar-refractivity contribution in [3.63, 3.8) is 0 Å². The summed E-state index contributed by atoms with van der Waals surface area (Å²) in [5, 5.41) is 8.42. The van der Waals surface area contributed by atoms with Crippen LogP contribution in [-0.2, 0) is 16.1 Å². The molecule has 4 amide bonds. The summed E-state index contributed by atoms with van der Waals surface area (Å²) in [6.45, 7) is 4.84. The molecule has 1 fully saturated rings. The highest BCUT2D eigenvalue weighted by Crippen LogP contribution is 2.27. The van der Waals surface area contributed by atoms with E-state index in [4.69, 9.17) is 0 Å². The van der Waals surface area contributed by atoms with E-state index in [-0.39, 0.29) is 23.8 Å². The Morgan fingerprint density at radius 2 is 2.08 bits per heavy atom. The minimum atomic E-state index is -0.582. The van der Waals surface area contributed by atoms with Gasteiger partial charge in [0.05, 0.1) is 6.54 Å². The molecule has 7 heteroatoms. The standard InChI is InChI=1S/C18H24N4O3/c1-3-11(2)15-17(24)20-13-7-5-4-6-12(13)10-22(15)18(25)21-14-8-9-19-16(14)23/h4-7,11,14-15H,3,8-10H2,1-2H3,(H,19,23)(H,20,24)(H,21,25)/t11-,14+,15-/m0/s1. The Hall–Kier alpha value is -2.57. The Kier molecular flexibility index (Phi) is 4.92. The number of benzene rings is 1. The maximum atomic E-state index is 12.9. The van der Waals surface area contributed by atoms with E-state index < -0.39 is 12.1 Å². The summed E-state index contributed by atoms with van der Waals surface area (Å²) in [6.07, 6.45) is 1.33. The molecule has 0 aromatic heterocycles. The minimum absolute atomic E-state index is 0.00235. The zero-order chi connectivity index (χ0) is 18.0. The van der Waals surface area contributed by atoms with Gasteiger partial charge in [-0.3, -0.25) is 9.59 Å². The van der Waals surface area contributed by atoms with Crippen molar-refractivity contribution in [2.24, 2.45) is 5.92 Å². The molecule has 7 nitrogen and oxygen atoms in total. The number of amides is 4. The third-order valence-electron chi connectivity index (χ3n) is 5.01. The maximum absolute atomic E-state index is 12.9. The van der Waals surface area contributed by atoms with E-state index in [0.29, 0.717) is 19.5 Å². The first-order chi connectivity index (χ1) is 12.0. The Bertz CT molecular complexity index is 691. The maximum Gasteiger partial charge on any atom is 0.319 e. The smallest absolute Gasteiger partial charge is 0.319 e. The third-order valence-corrected chi connectivity index (χ3v) is 5.01. The molecular formula is C18H24N4O3. The molecule has 0 aliphatic carbocycles. The van der Waals surface area contributed by atoms with Gasteiger partial charge in [-0.15, -0.1) is 0 Å². The zero-order valence-corrected chi connectivity index (χ0v) is 14.5. The van der Waals surface area contributed by atoms with Crippen LogP contribution >= 0.6 is 0 Å². The van der Waals surface area contributed by atoms with Gasteiger partial charge in [0, 0.05) is 12.2 Å². The lowest BCUT2D eigenvalue weighted by atomic mass is 9.97. The third kappa shape index (κ3) is 3.45. The second-order valence-corrected chi connectivity index (χ2v) is 6.69. The second-order valence-electron chi connectivity index (χ2n) is 6.69. The van der Waals surface area contributed by atoms with Crippen molar-refractivity contribution in [3.05, 3.63) is 29.8 Å². The Morgan fingerprint density at radius 3 is 2.76 bits per heavy atom. The molecule has 1 saturated heterocycles. The zero-order valence-electron chi connectivity index (χ0n) is 14.5. The number of hydrogen-bond acceptors (Lipinski definition) is 3. The van der Waals surface area contributed by atoms with Gasteiger partial charge in [0.2, 0.25) is 11.8 Å². The van der Waals surface area contributed by atoms with E-state index in [9.17, 15) is 14.4 Å². The molecule has 134 valence electrons. The Morgan fingerprint density at radius 1 is 1.32 bits per heavy atom. The van der Waals surface area contributed by atoms with Crippen LogP contribution in [0.25, 0.3) is 0 Å². The number of carbonyl (C=O) groups excluding carboxylic acids is 3. The van der Waals surface area contributed by atoms with E-state index in [1.54, 1.807) is 4.90 Å². The van der Waals surface area contributed by atoms with Gasteiger partial charge in [0.1, 0.15) is 12.1 Å². The van der Waals surface area contributed by atoms with Gasteiger partial charge in [0.15, 0.2) is 0 Å². The minimum Gasteiger partial charge on any atom is -0.354 e. The topological polar surface area (TPSA) is 90.5 Å². The molecule has 0 unspecified atom stereocenters. The molecule has 3 atom stereocenters. The highest BCUT2D eigenvalue weighted by molar-refractivity contribution is 5.99. The van der Waals surface area contributed by atoms with E-state index in [1.807, 2.05) is 38.1 Å². The molecular weight excluding hydrogens is 320 g/mol. The van der Waals surface area contributed by atoms with Crippen LogP contribution in [0.3, 0.4) is 0 Å². The van der Waals surface area contributed by atoms with Gasteiger partial charge < -0.3 is 20.9 Å². The molecule has 1 aromatic carbocycles. The summed E-state index contributed by atoms with van der Waals surface area (Å²) >= 11 is 0. The van der Waals surface area contributed by atoms with Crippen LogP contribution < -0.4 is 16.0 Å². The van der Waals surface area contributed by atoms with Crippen LogP contribution in [0.4, 0.5) is 10.5 Å². The van der Waals surface area contributed by atoms with Crippen molar-refractivity contribution in [2.45, 2.75) is 45.3 Å². The monoisotopic (exact) mass is 344 g/mol. The van der Waals surface area contributed by atoms with Gasteiger partial charge in [-0.2, -0.15) is 0 Å². The van der Waals surface area contributed by atoms with Crippen molar-refractivity contribution >= 4 is 23.5 Å². The number of fused-ring (bicyclic) bond motifs is 1. The molecule has 3 N–H and O–H groups in total. The van der Waals surface area contributed by atoms with Gasteiger partial charge >= 0.3 is 6.03 Å². The fourth-order valence-corrected chi connectivity index (χ4v) is 3.36. The number of carbonyl (C=O) groups is 3. The fraction of sp³-hybridized carbons (Fsp3) is 0.500. The van der Waals surface area contributed by atoms with Gasteiger partial charge in [-0.25, -0.2) is 4.79 Å². The second kappa shape index (κ2) is 7.13. The summed E-state index contributed by atoms with van der Waals surface area (Å²) in [6, 6.07) is 5.99. The predicted molar refractivity (Wildman–Crippen MR) is 93.8 cm³/mol. The SMILES string of the molecule is CC[C@H](C)[C@H]1C(=O)Nc2ccccc2CN1C(=O)N[C@@H]1CCNC1=O. The highest BCUT2D eigenvalue weighted by Gasteiger charge is 2.38. The van der Waals surface area contributed by atoms with Crippen molar-refractivity contribution in [1.29, 1.82) is 0 Å². The molecule has 0 spiro atoms. The lowest BCUT2D eigenvalue weighted by molar-refractivity contribution is -0.121. The summed E-state index contributed by atoms with van der Waals surface area (Å²) in [7, 11) is 0. The van der Waals surface area contributed by atoms with Crippen LogP contribution in [-0.4, -0.2) is 41.4 Å². The first kappa shape index (κ1) is 17.3. The van der Waals surface area contributed by atoms with E-state index >= 15 is 0 Å². The summed E-state index contributed by atoms with van der Waals surface area (Å²) in [4.78, 5) is 39.0. The van der Waals surface area contributed by atoms with Crippen LogP contribution in [0.2, 0.25) is 0 Å². The van der Waals surface area contributed by atoms with E-state index in [0.717, 1.165) is 17.7 Å². The van der Waals surface area contributed by atoms with Crippen molar-refractivity contribution < 1.29 is 14.4 Å². The number of nitrogens with one attached hydrogen (secondary N) is 3. The number of anilines is 1. The quantitative estimate of drug-likeness (QED) is 0.775. The van der Waals surface area contributed by atoms with Crippen molar-refractivity contribution in [3.8, 4) is 0 Å². The number of para-hydroxylation sites is 1. The summed E-state index contributed by atoms with van der Waals surface area (Å²) in [5.74, 6) is -0.365. The lowest BCUT2D eigenvalue weighted by Gasteiger charge is -2.33. The summed E-state index contributed by atoms with van der Waals surface area (Å²) < 4.78 is 0. The highest BCUT2D eigenvalue weighted by atomic mass is 16.2. The van der Waals surface area contributed by atoms with Gasteiger partial charge in [-0.1, -0.05) is 38.5 Å². The Balaban J connectivity index is 1.89. The molecule has 2 aliphatic heterocycles. The molecule has 1 aromatic rings. The number of hydrogen-bond donors (Lipinski definition) is 3. The van der Waals surface area contributed by atoms with E-state index in [1.165, 1.54) is 0 Å². The van der Waals surface area contributed by atoms with Crippen LogP contribution in [0.15, 0.2) is 24.3 Å². The van der Waals surface area contributed by atoms with Crippen LogP contribution in [0.1, 0.15) is 32.3 Å². The lowest BCUT2D eigenvalue weighted by Crippen LogP contribution is -2.55. The molecule has 2 heterocycles. The summed E-state index contributed by atoms with van der Waals surface area (Å²) in [5.41, 5.74) is 1.61. The molecule has 0 bridgehead atoms. The first-order valence-corrected chi connectivity index (χ1v) is 8.75. The van der Waals surface area contributed by atoms with Gasteiger partial charge in [-0.05, 0) is 24.0 Å². The molecule has 3 rings (SSSR count). The van der Waals surface area contributed by atoms with E-state index in [2.05, 4.69) is 16.0 Å². The largest absolute Gasteiger partial charge is 0.354 e. The van der Waals surface area contributed by atoms with Crippen LogP contribution in [0.5, 0.6) is 0 Å². The molecule has 25 heavy (non-hydrogen) atoms. The predicted octanol–water partition coefficient (Wildman–Crippen LogP) is 1.45. The van der Waals surface area contributed by atoms with Crippen LogP contribution in [0, 0.1) is 5.92 Å². The Labute approximate surface area is 147 Å². The average molecular weight is 344 g/mol. The first-order valence-electron chi connectivity index (χ1n) is 8.75. The molecule has 2 aliphatic rings.